The minimum absolute atomic E-state index is 0.328. The molecule has 1 heterocycles. The lowest BCUT2D eigenvalue weighted by atomic mass is 9.92. The second-order valence-corrected chi connectivity index (χ2v) is 5.59. The molecule has 0 atom stereocenters. The third-order valence-electron chi connectivity index (χ3n) is 4.13. The highest BCUT2D eigenvalue weighted by Gasteiger charge is 2.44. The Labute approximate surface area is 112 Å². The summed E-state index contributed by atoms with van der Waals surface area (Å²) < 4.78 is 5.29. The number of nitrogens with zero attached hydrogens (tertiary/aromatic N) is 1. The Balaban J connectivity index is 0.000000771. The van der Waals surface area contributed by atoms with Gasteiger partial charge < -0.3 is 9.64 Å². The first kappa shape index (κ1) is 15.6. The maximum atomic E-state index is 11.3. The van der Waals surface area contributed by atoms with Gasteiger partial charge in [-0.1, -0.05) is 13.8 Å². The molecule has 2 aliphatic rings. The Morgan fingerprint density at radius 3 is 2.22 bits per heavy atom. The fourth-order valence-electron chi connectivity index (χ4n) is 2.80. The fraction of sp³-hybridized carbons (Fsp3) is 0.933. The first-order chi connectivity index (χ1) is 8.65. The van der Waals surface area contributed by atoms with Gasteiger partial charge in [0.25, 0.3) is 0 Å². The molecule has 3 nitrogen and oxygen atoms in total. The van der Waals surface area contributed by atoms with Crippen molar-refractivity contribution in [2.75, 3.05) is 33.4 Å². The van der Waals surface area contributed by atoms with Gasteiger partial charge in [0.1, 0.15) is 5.78 Å². The van der Waals surface area contributed by atoms with Crippen molar-refractivity contribution in [3.63, 3.8) is 0 Å². The number of carbonyl (C=O) groups excluding carboxylic acids is 1. The van der Waals surface area contributed by atoms with Gasteiger partial charge in [0.2, 0.25) is 0 Å². The van der Waals surface area contributed by atoms with Crippen molar-refractivity contribution in [1.29, 1.82) is 0 Å². The molecule has 1 saturated heterocycles. The SMILES string of the molecule is CC.COCC1(CN2CCC(C(C)=O)CC2)CC1. The number of rotatable bonds is 5. The molecule has 0 N–H and O–H groups in total. The summed E-state index contributed by atoms with van der Waals surface area (Å²) in [4.78, 5) is 13.8. The predicted octanol–water partition coefficient (Wildman–Crippen LogP) is 2.74. The number of ketones is 1. The molecule has 0 radical (unpaired) electrons. The molecule has 0 spiro atoms. The summed E-state index contributed by atoms with van der Waals surface area (Å²) in [5.74, 6) is 0.700. The van der Waals surface area contributed by atoms with E-state index >= 15 is 0 Å². The van der Waals surface area contributed by atoms with Crippen molar-refractivity contribution in [3.05, 3.63) is 0 Å². The Bertz CT molecular complexity index is 253. The highest BCUT2D eigenvalue weighted by molar-refractivity contribution is 5.78. The number of methoxy groups -OCH3 is 1. The number of Topliss-reactive ketones (excluding diaryl/α,β-unsaturated/α-hetero) is 1. The smallest absolute Gasteiger partial charge is 0.133 e. The van der Waals surface area contributed by atoms with Crippen LogP contribution in [0.1, 0.15) is 46.5 Å². The van der Waals surface area contributed by atoms with Gasteiger partial charge in [0.05, 0.1) is 6.61 Å². The summed E-state index contributed by atoms with van der Waals surface area (Å²) >= 11 is 0. The molecular weight excluding hydrogens is 226 g/mol. The van der Waals surface area contributed by atoms with Gasteiger partial charge in [-0.3, -0.25) is 4.79 Å². The van der Waals surface area contributed by atoms with E-state index in [0.29, 0.717) is 17.1 Å². The van der Waals surface area contributed by atoms with Crippen molar-refractivity contribution in [2.24, 2.45) is 11.3 Å². The van der Waals surface area contributed by atoms with Crippen LogP contribution in [0.5, 0.6) is 0 Å². The molecule has 2 fully saturated rings. The molecule has 106 valence electrons. The van der Waals surface area contributed by atoms with Crippen LogP contribution in [0.15, 0.2) is 0 Å². The standard InChI is InChI=1S/C13H23NO2.C2H6/c1-11(15)12-3-7-14(8-4-12)9-13(5-6-13)10-16-2;1-2/h12H,3-10H2,1-2H3;1-2H3. The number of piperidine rings is 1. The molecule has 1 aliphatic carbocycles. The van der Waals surface area contributed by atoms with E-state index in [0.717, 1.165) is 32.5 Å². The molecule has 0 aromatic carbocycles. The Morgan fingerprint density at radius 2 is 1.83 bits per heavy atom. The van der Waals surface area contributed by atoms with Crippen LogP contribution in [-0.4, -0.2) is 44.0 Å². The maximum absolute atomic E-state index is 11.3. The van der Waals surface area contributed by atoms with Crippen LogP contribution in [0.2, 0.25) is 0 Å². The van der Waals surface area contributed by atoms with Gasteiger partial charge in [0.15, 0.2) is 0 Å². The number of carbonyl (C=O) groups is 1. The van der Waals surface area contributed by atoms with Crippen LogP contribution in [0.4, 0.5) is 0 Å². The van der Waals surface area contributed by atoms with E-state index < -0.39 is 0 Å². The summed E-state index contributed by atoms with van der Waals surface area (Å²) in [5, 5.41) is 0. The maximum Gasteiger partial charge on any atom is 0.133 e. The molecule has 0 aromatic rings. The lowest BCUT2D eigenvalue weighted by Gasteiger charge is -2.33. The first-order valence-corrected chi connectivity index (χ1v) is 7.37. The lowest BCUT2D eigenvalue weighted by Crippen LogP contribution is -2.40. The normalized spacial score (nSPS) is 23.1. The van der Waals surface area contributed by atoms with E-state index in [1.165, 1.54) is 19.4 Å². The first-order valence-electron chi connectivity index (χ1n) is 7.37. The highest BCUT2D eigenvalue weighted by atomic mass is 16.5. The monoisotopic (exact) mass is 255 g/mol. The number of likely N-dealkylation sites (tertiary alicyclic amines) is 1. The zero-order valence-corrected chi connectivity index (χ0v) is 12.5. The van der Waals surface area contributed by atoms with Gasteiger partial charge in [-0.25, -0.2) is 0 Å². The molecule has 1 saturated carbocycles. The van der Waals surface area contributed by atoms with E-state index in [1.54, 1.807) is 14.0 Å². The van der Waals surface area contributed by atoms with Gasteiger partial charge in [-0.2, -0.15) is 0 Å². The van der Waals surface area contributed by atoms with Gasteiger partial charge in [-0.15, -0.1) is 0 Å². The molecule has 0 amide bonds. The van der Waals surface area contributed by atoms with Crippen molar-refractivity contribution in [1.82, 2.24) is 4.90 Å². The minimum Gasteiger partial charge on any atom is -0.384 e. The average molecular weight is 255 g/mol. The van der Waals surface area contributed by atoms with Crippen LogP contribution in [0, 0.1) is 11.3 Å². The largest absolute Gasteiger partial charge is 0.384 e. The van der Waals surface area contributed by atoms with Crippen molar-refractivity contribution < 1.29 is 9.53 Å². The molecular formula is C15H29NO2. The zero-order chi connectivity index (χ0) is 13.6. The van der Waals surface area contributed by atoms with Crippen LogP contribution >= 0.6 is 0 Å². The van der Waals surface area contributed by atoms with Crippen molar-refractivity contribution in [2.45, 2.75) is 46.5 Å². The molecule has 0 bridgehead atoms. The van der Waals surface area contributed by atoms with E-state index in [9.17, 15) is 4.79 Å². The molecule has 18 heavy (non-hydrogen) atoms. The van der Waals surface area contributed by atoms with E-state index in [-0.39, 0.29) is 0 Å². The molecule has 1 aliphatic heterocycles. The second-order valence-electron chi connectivity index (χ2n) is 5.59. The van der Waals surface area contributed by atoms with Gasteiger partial charge in [-0.05, 0) is 45.7 Å². The van der Waals surface area contributed by atoms with Gasteiger partial charge >= 0.3 is 0 Å². The quantitative estimate of drug-likeness (QED) is 0.756. The lowest BCUT2D eigenvalue weighted by molar-refractivity contribution is -0.122. The number of ether oxygens (including phenoxy) is 1. The topological polar surface area (TPSA) is 29.5 Å². The van der Waals surface area contributed by atoms with Crippen LogP contribution in [0.3, 0.4) is 0 Å². The fourth-order valence-corrected chi connectivity index (χ4v) is 2.80. The highest BCUT2D eigenvalue weighted by Crippen LogP contribution is 2.46. The van der Waals surface area contributed by atoms with Crippen LogP contribution in [-0.2, 0) is 9.53 Å². The van der Waals surface area contributed by atoms with Crippen molar-refractivity contribution in [3.8, 4) is 0 Å². The molecule has 3 heteroatoms. The van der Waals surface area contributed by atoms with E-state index in [2.05, 4.69) is 4.90 Å². The summed E-state index contributed by atoms with van der Waals surface area (Å²) in [6.45, 7) is 9.99. The van der Waals surface area contributed by atoms with Crippen LogP contribution in [0.25, 0.3) is 0 Å². The zero-order valence-electron chi connectivity index (χ0n) is 12.5. The number of hydrogen-bond donors (Lipinski definition) is 0. The Hall–Kier alpha value is -0.410. The van der Waals surface area contributed by atoms with Crippen molar-refractivity contribution >= 4 is 5.78 Å². The van der Waals surface area contributed by atoms with E-state index in [1.807, 2.05) is 13.8 Å². The van der Waals surface area contributed by atoms with E-state index in [4.69, 9.17) is 4.74 Å². The molecule has 0 aromatic heterocycles. The Kier molecular flexibility index (Phi) is 6.30. The summed E-state index contributed by atoms with van der Waals surface area (Å²) in [6, 6.07) is 0. The average Bonchev–Trinajstić information content (AvgIpc) is 3.12. The Morgan fingerprint density at radius 1 is 1.28 bits per heavy atom. The third kappa shape index (κ3) is 4.36. The summed E-state index contributed by atoms with van der Waals surface area (Å²) in [5.41, 5.74) is 0.456. The summed E-state index contributed by atoms with van der Waals surface area (Å²) in [6.07, 6.45) is 4.73. The number of hydrogen-bond acceptors (Lipinski definition) is 3. The van der Waals surface area contributed by atoms with Crippen LogP contribution < -0.4 is 0 Å². The minimum atomic E-state index is 0.328. The third-order valence-corrected chi connectivity index (χ3v) is 4.13. The predicted molar refractivity (Wildman–Crippen MR) is 74.7 cm³/mol. The van der Waals surface area contributed by atoms with Gasteiger partial charge in [0, 0.05) is 25.0 Å². The second kappa shape index (κ2) is 7.25. The molecule has 2 rings (SSSR count). The summed E-state index contributed by atoms with van der Waals surface area (Å²) in [7, 11) is 1.79. The molecule has 0 unspecified atom stereocenters.